The van der Waals surface area contributed by atoms with Crippen LogP contribution in [0.1, 0.15) is 18.7 Å². The van der Waals surface area contributed by atoms with Gasteiger partial charge in [-0.25, -0.2) is 8.78 Å². The number of nitrogens with one attached hydrogen (secondary N) is 1. The summed E-state index contributed by atoms with van der Waals surface area (Å²) in [5.74, 6) is -1.23. The van der Waals surface area contributed by atoms with Crippen molar-refractivity contribution in [3.05, 3.63) is 34.7 Å². The Kier molecular flexibility index (Phi) is 3.98. The first-order valence-electron chi connectivity index (χ1n) is 5.58. The maximum absolute atomic E-state index is 13.7. The standard InChI is InChI=1S/C12H13F2N3S/c1-7(2)15-6-10-12(16-17-18-10)11-8(13)4-3-5-9(11)14/h3-5,7,15H,6H2,1-2H3. The molecule has 3 nitrogen and oxygen atoms in total. The molecule has 0 spiro atoms. The van der Waals surface area contributed by atoms with Crippen molar-refractivity contribution in [3.63, 3.8) is 0 Å². The summed E-state index contributed by atoms with van der Waals surface area (Å²) in [6, 6.07) is 4.06. The molecule has 96 valence electrons. The zero-order chi connectivity index (χ0) is 13.1. The van der Waals surface area contributed by atoms with E-state index in [4.69, 9.17) is 0 Å². The van der Waals surface area contributed by atoms with Gasteiger partial charge in [-0.1, -0.05) is 24.4 Å². The van der Waals surface area contributed by atoms with Crippen LogP contribution in [0.4, 0.5) is 8.78 Å². The Bertz CT molecular complexity index is 520. The fraction of sp³-hybridized carbons (Fsp3) is 0.333. The smallest absolute Gasteiger partial charge is 0.135 e. The van der Waals surface area contributed by atoms with Crippen molar-refractivity contribution in [2.75, 3.05) is 0 Å². The lowest BCUT2D eigenvalue weighted by Gasteiger charge is -2.08. The molecule has 1 aromatic heterocycles. The third-order valence-corrected chi connectivity index (χ3v) is 3.15. The van der Waals surface area contributed by atoms with Crippen LogP contribution in [0.2, 0.25) is 0 Å². The third-order valence-electron chi connectivity index (χ3n) is 2.43. The fourth-order valence-corrected chi connectivity index (χ4v) is 2.13. The molecular formula is C12H13F2N3S. The molecule has 0 aliphatic rings. The van der Waals surface area contributed by atoms with Crippen LogP contribution < -0.4 is 5.32 Å². The number of nitrogens with zero attached hydrogens (tertiary/aromatic N) is 2. The second-order valence-electron chi connectivity index (χ2n) is 4.18. The molecule has 0 saturated heterocycles. The lowest BCUT2D eigenvalue weighted by Crippen LogP contribution is -2.21. The van der Waals surface area contributed by atoms with Crippen LogP contribution in [0.25, 0.3) is 11.3 Å². The van der Waals surface area contributed by atoms with Crippen molar-refractivity contribution in [1.29, 1.82) is 0 Å². The van der Waals surface area contributed by atoms with E-state index >= 15 is 0 Å². The Morgan fingerprint density at radius 1 is 1.28 bits per heavy atom. The fourth-order valence-electron chi connectivity index (χ4n) is 1.54. The van der Waals surface area contributed by atoms with Crippen LogP contribution in [-0.4, -0.2) is 15.6 Å². The number of halogens is 2. The Morgan fingerprint density at radius 2 is 1.94 bits per heavy atom. The summed E-state index contributed by atoms with van der Waals surface area (Å²) in [6.45, 7) is 4.49. The Labute approximate surface area is 108 Å². The summed E-state index contributed by atoms with van der Waals surface area (Å²) in [7, 11) is 0. The van der Waals surface area contributed by atoms with Crippen molar-refractivity contribution in [3.8, 4) is 11.3 Å². The minimum atomic E-state index is -0.617. The average molecular weight is 269 g/mol. The summed E-state index contributed by atoms with van der Waals surface area (Å²) in [5.41, 5.74) is 0.176. The predicted octanol–water partition coefficient (Wildman–Crippen LogP) is 2.98. The summed E-state index contributed by atoms with van der Waals surface area (Å²) < 4.78 is 31.1. The molecule has 0 aliphatic carbocycles. The summed E-state index contributed by atoms with van der Waals surface area (Å²) in [5, 5.41) is 7.02. The molecule has 18 heavy (non-hydrogen) atoms. The van der Waals surface area contributed by atoms with Crippen molar-refractivity contribution in [2.24, 2.45) is 0 Å². The van der Waals surface area contributed by atoms with Crippen molar-refractivity contribution >= 4 is 11.5 Å². The van der Waals surface area contributed by atoms with Gasteiger partial charge in [-0.2, -0.15) is 0 Å². The van der Waals surface area contributed by atoms with Gasteiger partial charge in [-0.15, -0.1) is 5.10 Å². The highest BCUT2D eigenvalue weighted by molar-refractivity contribution is 7.05. The van der Waals surface area contributed by atoms with Crippen molar-refractivity contribution in [2.45, 2.75) is 26.4 Å². The molecule has 0 aliphatic heterocycles. The van der Waals surface area contributed by atoms with E-state index in [0.717, 1.165) is 16.4 Å². The lowest BCUT2D eigenvalue weighted by molar-refractivity contribution is 0.583. The second kappa shape index (κ2) is 5.49. The van der Waals surface area contributed by atoms with E-state index in [0.29, 0.717) is 6.54 Å². The van der Waals surface area contributed by atoms with Crippen LogP contribution in [0.5, 0.6) is 0 Å². The van der Waals surface area contributed by atoms with Gasteiger partial charge in [0.05, 0.1) is 10.4 Å². The third kappa shape index (κ3) is 2.70. The molecule has 2 rings (SSSR count). The highest BCUT2D eigenvalue weighted by atomic mass is 32.1. The summed E-state index contributed by atoms with van der Waals surface area (Å²) >= 11 is 1.15. The van der Waals surface area contributed by atoms with Gasteiger partial charge in [0.15, 0.2) is 0 Å². The van der Waals surface area contributed by atoms with Gasteiger partial charge in [0.25, 0.3) is 0 Å². The van der Waals surface area contributed by atoms with Gasteiger partial charge in [0.2, 0.25) is 0 Å². The van der Waals surface area contributed by atoms with Gasteiger partial charge < -0.3 is 5.32 Å². The van der Waals surface area contributed by atoms with Gasteiger partial charge in [0.1, 0.15) is 17.3 Å². The molecule has 0 saturated carbocycles. The molecule has 1 N–H and O–H groups in total. The van der Waals surface area contributed by atoms with Crippen LogP contribution in [-0.2, 0) is 6.54 Å². The van der Waals surface area contributed by atoms with E-state index < -0.39 is 11.6 Å². The zero-order valence-corrected chi connectivity index (χ0v) is 10.9. The molecule has 1 aromatic carbocycles. The monoisotopic (exact) mass is 269 g/mol. The largest absolute Gasteiger partial charge is 0.310 e. The first-order valence-corrected chi connectivity index (χ1v) is 6.36. The summed E-state index contributed by atoms with van der Waals surface area (Å²) in [6.07, 6.45) is 0. The Hall–Kier alpha value is -1.40. The topological polar surface area (TPSA) is 37.8 Å². The van der Waals surface area contributed by atoms with Gasteiger partial charge in [0, 0.05) is 12.6 Å². The molecule has 0 radical (unpaired) electrons. The maximum Gasteiger partial charge on any atom is 0.135 e. The predicted molar refractivity (Wildman–Crippen MR) is 67.2 cm³/mol. The van der Waals surface area contributed by atoms with E-state index in [1.54, 1.807) is 0 Å². The minimum Gasteiger partial charge on any atom is -0.310 e. The van der Waals surface area contributed by atoms with Crippen molar-refractivity contribution in [1.82, 2.24) is 14.9 Å². The molecular weight excluding hydrogens is 256 g/mol. The molecule has 2 aromatic rings. The normalized spacial score (nSPS) is 11.2. The van der Waals surface area contributed by atoms with Gasteiger partial charge in [-0.3, -0.25) is 0 Å². The molecule has 0 unspecified atom stereocenters. The quantitative estimate of drug-likeness (QED) is 0.927. The van der Waals surface area contributed by atoms with E-state index in [-0.39, 0.29) is 17.3 Å². The maximum atomic E-state index is 13.7. The van der Waals surface area contributed by atoms with Crippen LogP contribution in [0, 0.1) is 11.6 Å². The molecule has 0 atom stereocenters. The SMILES string of the molecule is CC(C)NCc1snnc1-c1c(F)cccc1F. The van der Waals surface area contributed by atoms with Gasteiger partial charge in [-0.05, 0) is 23.7 Å². The molecule has 0 amide bonds. The van der Waals surface area contributed by atoms with Crippen LogP contribution in [0.3, 0.4) is 0 Å². The first-order chi connectivity index (χ1) is 8.59. The minimum absolute atomic E-state index is 0.105. The molecule has 6 heteroatoms. The van der Waals surface area contributed by atoms with E-state index in [1.165, 1.54) is 18.2 Å². The average Bonchev–Trinajstić information content (AvgIpc) is 2.74. The zero-order valence-electron chi connectivity index (χ0n) is 10.1. The number of hydrogen-bond acceptors (Lipinski definition) is 4. The Morgan fingerprint density at radius 3 is 2.56 bits per heavy atom. The Balaban J connectivity index is 2.36. The summed E-state index contributed by atoms with van der Waals surface area (Å²) in [4.78, 5) is 0.729. The lowest BCUT2D eigenvalue weighted by atomic mass is 10.1. The van der Waals surface area contributed by atoms with Gasteiger partial charge >= 0.3 is 0 Å². The second-order valence-corrected chi connectivity index (χ2v) is 5.02. The highest BCUT2D eigenvalue weighted by Crippen LogP contribution is 2.28. The highest BCUT2D eigenvalue weighted by Gasteiger charge is 2.18. The van der Waals surface area contributed by atoms with E-state index in [1.807, 2.05) is 13.8 Å². The number of aromatic nitrogens is 2. The number of hydrogen-bond donors (Lipinski definition) is 1. The molecule has 0 fully saturated rings. The van der Waals surface area contributed by atoms with E-state index in [2.05, 4.69) is 14.9 Å². The van der Waals surface area contributed by atoms with Crippen LogP contribution in [0.15, 0.2) is 18.2 Å². The molecule has 0 bridgehead atoms. The van der Waals surface area contributed by atoms with Crippen molar-refractivity contribution < 1.29 is 8.78 Å². The van der Waals surface area contributed by atoms with Crippen LogP contribution >= 0.6 is 11.5 Å². The first kappa shape index (κ1) is 13.0. The number of rotatable bonds is 4. The number of benzene rings is 1. The molecule has 1 heterocycles. The van der Waals surface area contributed by atoms with E-state index in [9.17, 15) is 8.78 Å².